The summed E-state index contributed by atoms with van der Waals surface area (Å²) in [5, 5.41) is 12.7. The number of phenolic OH excluding ortho intramolecular Hbond substituents is 1. The third-order valence-corrected chi connectivity index (χ3v) is 3.83. The molecular weight excluding hydrogens is 348 g/mol. The number of carbonyl (C=O) groups excluding carboxylic acids is 2. The maximum absolute atomic E-state index is 12.5. The van der Waals surface area contributed by atoms with Crippen LogP contribution in [0.25, 0.3) is 0 Å². The van der Waals surface area contributed by atoms with Crippen LogP contribution < -0.4 is 5.32 Å². The first-order valence-electron chi connectivity index (χ1n) is 7.50. The highest BCUT2D eigenvalue weighted by Crippen LogP contribution is 2.28. The Bertz CT molecular complexity index is 801. The Morgan fingerprint density at radius 1 is 1.28 bits per heavy atom. The van der Waals surface area contributed by atoms with Crippen LogP contribution in [-0.4, -0.2) is 42.3 Å². The van der Waals surface area contributed by atoms with Crippen molar-refractivity contribution < 1.29 is 24.2 Å². The second-order valence-electron chi connectivity index (χ2n) is 5.37. The van der Waals surface area contributed by atoms with Crippen molar-refractivity contribution >= 4 is 29.2 Å². The molecule has 0 aliphatic rings. The van der Waals surface area contributed by atoms with Crippen LogP contribution in [0.2, 0.25) is 5.02 Å². The second kappa shape index (κ2) is 8.04. The zero-order valence-electron chi connectivity index (χ0n) is 14.1. The molecule has 1 aromatic carbocycles. The molecule has 7 nitrogen and oxygen atoms in total. The fraction of sp³-hybridized carbons (Fsp3) is 0.294. The molecule has 0 atom stereocenters. The average Bonchev–Trinajstić information content (AvgIpc) is 2.86. The number of phenols is 1. The Morgan fingerprint density at radius 2 is 2.00 bits per heavy atom. The van der Waals surface area contributed by atoms with Gasteiger partial charge in [-0.1, -0.05) is 11.6 Å². The Morgan fingerprint density at radius 3 is 2.68 bits per heavy atom. The second-order valence-corrected chi connectivity index (χ2v) is 5.81. The molecule has 0 spiro atoms. The van der Waals surface area contributed by atoms with Crippen LogP contribution in [0.4, 0.5) is 5.69 Å². The molecule has 0 fully saturated rings. The van der Waals surface area contributed by atoms with E-state index in [-0.39, 0.29) is 30.3 Å². The van der Waals surface area contributed by atoms with Crippen LogP contribution in [0.1, 0.15) is 32.1 Å². The lowest BCUT2D eigenvalue weighted by atomic mass is 10.1. The number of hydrogen-bond donors (Lipinski definition) is 3. The quantitative estimate of drug-likeness (QED) is 0.414. The zero-order chi connectivity index (χ0) is 18.6. The number of aromatic amines is 1. The molecule has 0 saturated heterocycles. The van der Waals surface area contributed by atoms with Gasteiger partial charge < -0.3 is 24.9 Å². The van der Waals surface area contributed by atoms with Crippen LogP contribution >= 0.6 is 11.6 Å². The molecule has 2 aromatic rings. The molecule has 3 N–H and O–H groups in total. The van der Waals surface area contributed by atoms with Crippen molar-refractivity contribution in [3.05, 3.63) is 45.7 Å². The van der Waals surface area contributed by atoms with Crippen LogP contribution in [0.15, 0.2) is 18.2 Å². The number of aromatic nitrogens is 1. The molecule has 2 rings (SSSR count). The number of carbonyl (C=O) groups is 2. The average molecular weight is 367 g/mol. The van der Waals surface area contributed by atoms with E-state index in [0.29, 0.717) is 21.8 Å². The maximum atomic E-state index is 12.5. The number of benzene rings is 1. The van der Waals surface area contributed by atoms with Gasteiger partial charge >= 0.3 is 5.97 Å². The Kier molecular flexibility index (Phi) is 6.06. The summed E-state index contributed by atoms with van der Waals surface area (Å²) in [6.07, 6.45) is 0. The van der Waals surface area contributed by atoms with E-state index in [4.69, 9.17) is 21.1 Å². The van der Waals surface area contributed by atoms with E-state index in [0.717, 1.165) is 0 Å². The van der Waals surface area contributed by atoms with Gasteiger partial charge in [-0.15, -0.1) is 0 Å². The molecular formula is C17H19ClN2O5. The molecule has 0 bridgehead atoms. The van der Waals surface area contributed by atoms with Crippen LogP contribution in [-0.2, 0) is 9.47 Å². The number of methoxy groups -OCH3 is 1. The van der Waals surface area contributed by atoms with Crippen LogP contribution in [0.3, 0.4) is 0 Å². The summed E-state index contributed by atoms with van der Waals surface area (Å²) >= 11 is 5.87. The minimum Gasteiger partial charge on any atom is -0.506 e. The summed E-state index contributed by atoms with van der Waals surface area (Å²) in [5.41, 5.74) is 1.65. The van der Waals surface area contributed by atoms with Gasteiger partial charge in [0.15, 0.2) is 0 Å². The standard InChI is InChI=1S/C17H19ClN2O5/c1-9-14(17(23)25-7-6-24-3)10(2)19-15(9)16(22)20-12-8-11(18)4-5-13(12)21/h4-5,8,19,21H,6-7H2,1-3H3,(H,20,22). The topological polar surface area (TPSA) is 101 Å². The lowest BCUT2D eigenvalue weighted by Gasteiger charge is -2.08. The third kappa shape index (κ3) is 4.32. The highest BCUT2D eigenvalue weighted by Gasteiger charge is 2.23. The Hall–Kier alpha value is -2.51. The highest BCUT2D eigenvalue weighted by atomic mass is 35.5. The molecule has 1 amide bonds. The Labute approximate surface area is 149 Å². The van der Waals surface area contributed by atoms with Gasteiger partial charge in [-0.25, -0.2) is 4.79 Å². The number of aromatic hydroxyl groups is 1. The summed E-state index contributed by atoms with van der Waals surface area (Å²) in [5.74, 6) is -1.15. The predicted octanol–water partition coefficient (Wildman–Crippen LogP) is 3.05. The first-order valence-corrected chi connectivity index (χ1v) is 7.88. The number of nitrogens with one attached hydrogen (secondary N) is 2. The Balaban J connectivity index is 2.22. The minimum atomic E-state index is -0.534. The van der Waals surface area contributed by atoms with Gasteiger partial charge in [0.05, 0.1) is 17.9 Å². The molecule has 134 valence electrons. The lowest BCUT2D eigenvalue weighted by Crippen LogP contribution is -2.15. The van der Waals surface area contributed by atoms with Gasteiger partial charge in [-0.2, -0.15) is 0 Å². The van der Waals surface area contributed by atoms with Crippen LogP contribution in [0, 0.1) is 13.8 Å². The van der Waals surface area contributed by atoms with Crippen molar-refractivity contribution in [2.45, 2.75) is 13.8 Å². The molecule has 8 heteroatoms. The van der Waals surface area contributed by atoms with E-state index in [1.54, 1.807) is 13.8 Å². The summed E-state index contributed by atoms with van der Waals surface area (Å²) < 4.78 is 9.94. The van der Waals surface area contributed by atoms with Crippen molar-refractivity contribution in [2.24, 2.45) is 0 Å². The summed E-state index contributed by atoms with van der Waals surface area (Å²) in [4.78, 5) is 27.5. The fourth-order valence-corrected chi connectivity index (χ4v) is 2.54. The molecule has 1 aromatic heterocycles. The number of H-pyrrole nitrogens is 1. The fourth-order valence-electron chi connectivity index (χ4n) is 2.37. The van der Waals surface area contributed by atoms with E-state index in [2.05, 4.69) is 10.3 Å². The first kappa shape index (κ1) is 18.8. The number of hydrogen-bond acceptors (Lipinski definition) is 5. The van der Waals surface area contributed by atoms with E-state index in [1.807, 2.05) is 0 Å². The number of ether oxygens (including phenoxy) is 2. The monoisotopic (exact) mass is 366 g/mol. The van der Waals surface area contributed by atoms with Gasteiger partial charge in [0.2, 0.25) is 0 Å². The van der Waals surface area contributed by atoms with Crippen molar-refractivity contribution in [1.29, 1.82) is 0 Å². The number of esters is 1. The van der Waals surface area contributed by atoms with E-state index in [9.17, 15) is 14.7 Å². The minimum absolute atomic E-state index is 0.113. The third-order valence-electron chi connectivity index (χ3n) is 3.60. The normalized spacial score (nSPS) is 10.6. The lowest BCUT2D eigenvalue weighted by molar-refractivity contribution is 0.0387. The number of amides is 1. The van der Waals surface area contributed by atoms with E-state index < -0.39 is 11.9 Å². The van der Waals surface area contributed by atoms with Crippen molar-refractivity contribution in [3.63, 3.8) is 0 Å². The highest BCUT2D eigenvalue weighted by molar-refractivity contribution is 6.31. The van der Waals surface area contributed by atoms with Crippen molar-refractivity contribution in [3.8, 4) is 5.75 Å². The van der Waals surface area contributed by atoms with Gasteiger partial charge in [0.1, 0.15) is 18.1 Å². The van der Waals surface area contributed by atoms with Crippen LogP contribution in [0.5, 0.6) is 5.75 Å². The number of anilines is 1. The summed E-state index contributed by atoms with van der Waals surface area (Å²) in [6, 6.07) is 4.31. The molecule has 0 saturated carbocycles. The van der Waals surface area contributed by atoms with E-state index >= 15 is 0 Å². The summed E-state index contributed by atoms with van der Waals surface area (Å²) in [6.45, 7) is 3.73. The number of rotatable bonds is 6. The van der Waals surface area contributed by atoms with Gasteiger partial charge in [-0.05, 0) is 37.6 Å². The predicted molar refractivity (Wildman–Crippen MR) is 93.5 cm³/mol. The molecule has 0 radical (unpaired) electrons. The van der Waals surface area contributed by atoms with Crippen molar-refractivity contribution in [2.75, 3.05) is 25.6 Å². The molecule has 0 aliphatic heterocycles. The molecule has 1 heterocycles. The number of halogens is 1. The van der Waals surface area contributed by atoms with Gasteiger partial charge in [0, 0.05) is 17.8 Å². The first-order chi connectivity index (χ1) is 11.8. The smallest absolute Gasteiger partial charge is 0.340 e. The van der Waals surface area contributed by atoms with Crippen molar-refractivity contribution in [1.82, 2.24) is 4.98 Å². The van der Waals surface area contributed by atoms with Gasteiger partial charge in [0.25, 0.3) is 5.91 Å². The maximum Gasteiger partial charge on any atom is 0.340 e. The molecule has 0 unspecified atom stereocenters. The van der Waals surface area contributed by atoms with E-state index in [1.165, 1.54) is 25.3 Å². The number of aryl methyl sites for hydroxylation is 1. The largest absolute Gasteiger partial charge is 0.506 e. The van der Waals surface area contributed by atoms with Gasteiger partial charge in [-0.3, -0.25) is 4.79 Å². The zero-order valence-corrected chi connectivity index (χ0v) is 14.9. The molecule has 0 aliphatic carbocycles. The summed E-state index contributed by atoms with van der Waals surface area (Å²) in [7, 11) is 1.51. The SMILES string of the molecule is COCCOC(=O)c1c(C)[nH]c(C(=O)Nc2cc(Cl)ccc2O)c1C. The molecule has 25 heavy (non-hydrogen) atoms.